The Bertz CT molecular complexity index is 1210. The average molecular weight is 362 g/mol. The highest BCUT2D eigenvalue weighted by molar-refractivity contribution is 6.02. The number of rotatable bonds is 3. The fourth-order valence-electron chi connectivity index (χ4n) is 3.96. The van der Waals surface area contributed by atoms with Crippen LogP contribution in [0.3, 0.4) is 0 Å². The van der Waals surface area contributed by atoms with Gasteiger partial charge in [0, 0.05) is 27.9 Å². The first-order valence-electron chi connectivity index (χ1n) is 9.87. The Labute approximate surface area is 165 Å². The summed E-state index contributed by atoms with van der Waals surface area (Å²) in [5.74, 6) is 0. The van der Waals surface area contributed by atoms with Crippen LogP contribution in [0.2, 0.25) is 0 Å². The maximum atomic E-state index is 5.00. The van der Waals surface area contributed by atoms with Gasteiger partial charge in [0.15, 0.2) is 0 Å². The summed E-state index contributed by atoms with van der Waals surface area (Å²) in [6.07, 6.45) is 5.42. The summed E-state index contributed by atoms with van der Waals surface area (Å²) in [5, 5.41) is 8.61. The molecule has 0 radical (unpaired) electrons. The second kappa shape index (κ2) is 7.32. The molecule has 0 unspecified atom stereocenters. The molecule has 0 bridgehead atoms. The van der Waals surface area contributed by atoms with Gasteiger partial charge in [0.1, 0.15) is 0 Å². The van der Waals surface area contributed by atoms with E-state index in [1.807, 2.05) is 0 Å². The number of hydrogen-bond acceptors (Lipinski definition) is 2. The largest absolute Gasteiger partial charge is 0.358 e. The molecule has 1 aliphatic rings. The summed E-state index contributed by atoms with van der Waals surface area (Å²) in [4.78, 5) is 5.00. The molecule has 4 aromatic carbocycles. The van der Waals surface area contributed by atoms with Crippen LogP contribution >= 0.6 is 0 Å². The van der Waals surface area contributed by atoms with E-state index in [-0.39, 0.29) is 0 Å². The standard InChI is InChI=1S/C26H22N2/c1-3-14-23-19(8-1)10-5-16-25(23)27-21-12-7-13-22(18-21)28-26-17-6-11-20-9-2-4-15-24(20)26/h1-6,8-11,14-18,27H,7,12-13H2. The first-order valence-corrected chi connectivity index (χ1v) is 9.87. The van der Waals surface area contributed by atoms with Gasteiger partial charge in [-0.25, -0.2) is 0 Å². The lowest BCUT2D eigenvalue weighted by Gasteiger charge is -2.18. The fraction of sp³-hybridized carbons (Fsp3) is 0.115. The van der Waals surface area contributed by atoms with Crippen molar-refractivity contribution in [2.24, 2.45) is 4.99 Å². The van der Waals surface area contributed by atoms with E-state index < -0.39 is 0 Å². The zero-order valence-electron chi connectivity index (χ0n) is 15.7. The van der Waals surface area contributed by atoms with Gasteiger partial charge in [-0.05, 0) is 48.2 Å². The molecule has 0 amide bonds. The first-order chi connectivity index (χ1) is 13.9. The van der Waals surface area contributed by atoms with Gasteiger partial charge in [-0.2, -0.15) is 0 Å². The third-order valence-electron chi connectivity index (χ3n) is 5.34. The molecule has 0 atom stereocenters. The van der Waals surface area contributed by atoms with Crippen LogP contribution in [0.15, 0.2) is 102 Å². The molecule has 1 aliphatic carbocycles. The van der Waals surface area contributed by atoms with E-state index in [4.69, 9.17) is 4.99 Å². The molecule has 0 fully saturated rings. The molecule has 0 saturated carbocycles. The Morgan fingerprint density at radius 2 is 1.32 bits per heavy atom. The highest BCUT2D eigenvalue weighted by atomic mass is 14.9. The molecular weight excluding hydrogens is 340 g/mol. The number of hydrogen-bond donors (Lipinski definition) is 1. The van der Waals surface area contributed by atoms with Gasteiger partial charge in [0.25, 0.3) is 0 Å². The van der Waals surface area contributed by atoms with Crippen LogP contribution in [-0.2, 0) is 0 Å². The molecule has 0 heterocycles. The minimum absolute atomic E-state index is 1.02. The number of anilines is 1. The monoisotopic (exact) mass is 362 g/mol. The predicted molar refractivity (Wildman–Crippen MR) is 121 cm³/mol. The highest BCUT2D eigenvalue weighted by Crippen LogP contribution is 2.29. The molecule has 0 spiro atoms. The maximum Gasteiger partial charge on any atom is 0.0711 e. The normalized spacial score (nSPS) is 15.7. The van der Waals surface area contributed by atoms with Gasteiger partial charge < -0.3 is 5.32 Å². The quantitative estimate of drug-likeness (QED) is 0.408. The summed E-state index contributed by atoms with van der Waals surface area (Å²) in [6, 6.07) is 29.7. The summed E-state index contributed by atoms with van der Waals surface area (Å²) in [6.45, 7) is 0. The predicted octanol–water partition coefficient (Wildman–Crippen LogP) is 7.25. The Hall–Kier alpha value is -3.39. The lowest BCUT2D eigenvalue weighted by Crippen LogP contribution is -2.09. The number of allylic oxidation sites excluding steroid dienone is 2. The van der Waals surface area contributed by atoms with E-state index in [1.54, 1.807) is 0 Å². The van der Waals surface area contributed by atoms with Crippen LogP contribution in [0.1, 0.15) is 19.3 Å². The molecule has 0 aromatic heterocycles. The Morgan fingerprint density at radius 3 is 2.18 bits per heavy atom. The van der Waals surface area contributed by atoms with Crippen molar-refractivity contribution in [3.8, 4) is 0 Å². The summed E-state index contributed by atoms with van der Waals surface area (Å²) in [7, 11) is 0. The van der Waals surface area contributed by atoms with Crippen LogP contribution in [0, 0.1) is 0 Å². The molecule has 0 saturated heterocycles. The Kier molecular flexibility index (Phi) is 4.38. The Balaban J connectivity index is 1.49. The van der Waals surface area contributed by atoms with Gasteiger partial charge in [-0.15, -0.1) is 0 Å². The minimum atomic E-state index is 1.02. The summed E-state index contributed by atoms with van der Waals surface area (Å²) >= 11 is 0. The van der Waals surface area contributed by atoms with Crippen molar-refractivity contribution in [3.05, 3.63) is 96.7 Å². The van der Waals surface area contributed by atoms with Gasteiger partial charge >= 0.3 is 0 Å². The van der Waals surface area contributed by atoms with Crippen molar-refractivity contribution < 1.29 is 0 Å². The third kappa shape index (κ3) is 3.29. The smallest absolute Gasteiger partial charge is 0.0711 e. The highest BCUT2D eigenvalue weighted by Gasteiger charge is 2.11. The summed E-state index contributed by atoms with van der Waals surface area (Å²) < 4.78 is 0. The van der Waals surface area contributed by atoms with Crippen LogP contribution in [-0.4, -0.2) is 5.71 Å². The van der Waals surface area contributed by atoms with Gasteiger partial charge in [0.2, 0.25) is 0 Å². The lowest BCUT2D eigenvalue weighted by atomic mass is 10.0. The molecule has 2 heteroatoms. The maximum absolute atomic E-state index is 5.00. The van der Waals surface area contributed by atoms with Crippen molar-refractivity contribution in [1.82, 2.24) is 0 Å². The molecule has 28 heavy (non-hydrogen) atoms. The number of aliphatic imine (C=N–C) groups is 1. The van der Waals surface area contributed by atoms with Crippen LogP contribution in [0.5, 0.6) is 0 Å². The van der Waals surface area contributed by atoms with Crippen molar-refractivity contribution in [2.75, 3.05) is 5.32 Å². The van der Waals surface area contributed by atoms with Gasteiger partial charge in [-0.1, -0.05) is 72.8 Å². The van der Waals surface area contributed by atoms with E-state index in [0.717, 1.165) is 36.3 Å². The number of fused-ring (bicyclic) bond motifs is 2. The Morgan fingerprint density at radius 1 is 0.643 bits per heavy atom. The van der Waals surface area contributed by atoms with Crippen LogP contribution in [0.4, 0.5) is 11.4 Å². The number of benzene rings is 4. The fourth-order valence-corrected chi connectivity index (χ4v) is 3.96. The molecule has 0 aliphatic heterocycles. The zero-order chi connectivity index (χ0) is 18.8. The van der Waals surface area contributed by atoms with E-state index in [2.05, 4.69) is 96.3 Å². The van der Waals surface area contributed by atoms with Crippen LogP contribution in [0.25, 0.3) is 21.5 Å². The van der Waals surface area contributed by atoms with Crippen molar-refractivity contribution in [1.29, 1.82) is 0 Å². The van der Waals surface area contributed by atoms with Crippen LogP contribution < -0.4 is 5.32 Å². The molecule has 4 aromatic rings. The second-order valence-electron chi connectivity index (χ2n) is 7.28. The van der Waals surface area contributed by atoms with Gasteiger partial charge in [-0.3, -0.25) is 4.99 Å². The minimum Gasteiger partial charge on any atom is -0.358 e. The molecular formula is C26H22N2. The SMILES string of the molecule is C1=C(Nc2cccc3ccccc23)CCCC1=Nc1cccc2ccccc12. The lowest BCUT2D eigenvalue weighted by molar-refractivity contribution is 0.840. The molecule has 136 valence electrons. The van der Waals surface area contributed by atoms with E-state index in [0.29, 0.717) is 0 Å². The topological polar surface area (TPSA) is 24.4 Å². The summed E-state index contributed by atoms with van der Waals surface area (Å²) in [5.41, 5.74) is 4.60. The van der Waals surface area contributed by atoms with E-state index in [9.17, 15) is 0 Å². The molecule has 5 rings (SSSR count). The van der Waals surface area contributed by atoms with Crippen molar-refractivity contribution in [3.63, 3.8) is 0 Å². The third-order valence-corrected chi connectivity index (χ3v) is 5.34. The molecule has 1 N–H and O–H groups in total. The van der Waals surface area contributed by atoms with Gasteiger partial charge in [0.05, 0.1) is 5.69 Å². The first kappa shape index (κ1) is 16.8. The zero-order valence-corrected chi connectivity index (χ0v) is 15.7. The van der Waals surface area contributed by atoms with Crippen molar-refractivity contribution >= 4 is 38.6 Å². The van der Waals surface area contributed by atoms with Crippen molar-refractivity contribution in [2.45, 2.75) is 19.3 Å². The second-order valence-corrected chi connectivity index (χ2v) is 7.28. The number of nitrogens with zero attached hydrogens (tertiary/aromatic N) is 1. The van der Waals surface area contributed by atoms with E-state index in [1.165, 1.54) is 27.2 Å². The van der Waals surface area contributed by atoms with E-state index >= 15 is 0 Å². The number of nitrogens with one attached hydrogen (secondary N) is 1. The average Bonchev–Trinajstić information content (AvgIpc) is 2.75. The molecule has 2 nitrogen and oxygen atoms in total.